The second kappa shape index (κ2) is 8.69. The average molecular weight is 434 g/mol. The van der Waals surface area contributed by atoms with Crippen LogP contribution >= 0.6 is 11.6 Å². The van der Waals surface area contributed by atoms with Crippen molar-refractivity contribution in [3.63, 3.8) is 0 Å². The Morgan fingerprint density at radius 3 is 2.59 bits per heavy atom. The van der Waals surface area contributed by atoms with Crippen molar-refractivity contribution in [2.45, 2.75) is 4.90 Å². The smallest absolute Gasteiger partial charge is 0.255 e. The van der Waals surface area contributed by atoms with Crippen molar-refractivity contribution < 1.29 is 17.6 Å². The van der Waals surface area contributed by atoms with Gasteiger partial charge in [-0.3, -0.25) is 4.79 Å². The van der Waals surface area contributed by atoms with Crippen LogP contribution in [0.4, 0.5) is 4.39 Å². The van der Waals surface area contributed by atoms with Crippen molar-refractivity contribution in [1.29, 1.82) is 0 Å². The van der Waals surface area contributed by atoms with Gasteiger partial charge in [-0.25, -0.2) is 18.2 Å². The van der Waals surface area contributed by atoms with Gasteiger partial charge in [-0.2, -0.15) is 9.41 Å². The van der Waals surface area contributed by atoms with E-state index in [1.807, 2.05) is 24.3 Å². The highest BCUT2D eigenvalue weighted by Crippen LogP contribution is 2.21. The van der Waals surface area contributed by atoms with Gasteiger partial charge in [0.2, 0.25) is 10.0 Å². The summed E-state index contributed by atoms with van der Waals surface area (Å²) in [4.78, 5) is 12.1. The molecule has 3 aromatic rings. The largest absolute Gasteiger partial charge is 0.272 e. The molecule has 150 valence electrons. The third kappa shape index (κ3) is 4.79. The molecule has 0 spiro atoms. The van der Waals surface area contributed by atoms with E-state index in [1.165, 1.54) is 31.3 Å². The SMILES string of the molecule is CN(CC(=O)N/N=C/c1c(F)cccc1Cl)S(=O)(=O)c1ccc2ccccc2c1. The van der Waals surface area contributed by atoms with Gasteiger partial charge >= 0.3 is 0 Å². The maximum Gasteiger partial charge on any atom is 0.255 e. The van der Waals surface area contributed by atoms with E-state index < -0.39 is 28.3 Å². The molecule has 3 aromatic carbocycles. The van der Waals surface area contributed by atoms with Crippen LogP contribution in [0.5, 0.6) is 0 Å². The molecule has 0 bridgehead atoms. The summed E-state index contributed by atoms with van der Waals surface area (Å²) in [5.74, 6) is -1.27. The van der Waals surface area contributed by atoms with Crippen molar-refractivity contribution in [2.75, 3.05) is 13.6 Å². The summed E-state index contributed by atoms with van der Waals surface area (Å²) in [7, 11) is -2.58. The van der Waals surface area contributed by atoms with Gasteiger partial charge in [0.25, 0.3) is 5.91 Å². The van der Waals surface area contributed by atoms with Gasteiger partial charge in [0.15, 0.2) is 0 Å². The molecule has 0 aromatic heterocycles. The van der Waals surface area contributed by atoms with Crippen LogP contribution in [-0.2, 0) is 14.8 Å². The van der Waals surface area contributed by atoms with Crippen molar-refractivity contribution in [2.24, 2.45) is 5.10 Å². The fourth-order valence-electron chi connectivity index (χ4n) is 2.63. The molecule has 9 heteroatoms. The Labute approximate surface area is 172 Å². The van der Waals surface area contributed by atoms with E-state index in [9.17, 15) is 17.6 Å². The average Bonchev–Trinajstić information content (AvgIpc) is 2.69. The Morgan fingerprint density at radius 1 is 1.14 bits per heavy atom. The Morgan fingerprint density at radius 2 is 1.86 bits per heavy atom. The van der Waals surface area contributed by atoms with Crippen molar-refractivity contribution in [3.8, 4) is 0 Å². The van der Waals surface area contributed by atoms with Crippen molar-refractivity contribution in [3.05, 3.63) is 77.1 Å². The fraction of sp³-hybridized carbons (Fsp3) is 0.100. The molecular formula is C20H17ClFN3O3S. The predicted octanol–water partition coefficient (Wildman–Crippen LogP) is 3.40. The van der Waals surface area contributed by atoms with Crippen LogP contribution in [0.2, 0.25) is 5.02 Å². The third-order valence-electron chi connectivity index (χ3n) is 4.18. The lowest BCUT2D eigenvalue weighted by Crippen LogP contribution is -2.36. The Hall–Kier alpha value is -2.81. The highest BCUT2D eigenvalue weighted by molar-refractivity contribution is 7.89. The number of rotatable bonds is 6. The molecule has 1 amide bonds. The molecule has 0 radical (unpaired) electrons. The van der Waals surface area contributed by atoms with Crippen LogP contribution in [0.15, 0.2) is 70.7 Å². The first-order valence-corrected chi connectivity index (χ1v) is 10.3. The van der Waals surface area contributed by atoms with E-state index >= 15 is 0 Å². The number of halogens is 2. The molecule has 29 heavy (non-hydrogen) atoms. The Kier molecular flexibility index (Phi) is 6.26. The van der Waals surface area contributed by atoms with Crippen LogP contribution in [0.1, 0.15) is 5.56 Å². The zero-order valence-electron chi connectivity index (χ0n) is 15.3. The molecule has 0 aliphatic carbocycles. The first-order valence-electron chi connectivity index (χ1n) is 8.50. The molecule has 0 fully saturated rings. The zero-order valence-corrected chi connectivity index (χ0v) is 16.9. The second-order valence-electron chi connectivity index (χ2n) is 6.20. The van der Waals surface area contributed by atoms with Gasteiger partial charge in [-0.15, -0.1) is 0 Å². The quantitative estimate of drug-likeness (QED) is 0.478. The lowest BCUT2D eigenvalue weighted by atomic mass is 10.1. The zero-order chi connectivity index (χ0) is 21.0. The lowest BCUT2D eigenvalue weighted by molar-refractivity contribution is -0.121. The van der Waals surface area contributed by atoms with Crippen molar-refractivity contribution in [1.82, 2.24) is 9.73 Å². The highest BCUT2D eigenvalue weighted by atomic mass is 35.5. The molecule has 0 unspecified atom stereocenters. The van der Waals surface area contributed by atoms with E-state index in [0.29, 0.717) is 0 Å². The summed E-state index contributed by atoms with van der Waals surface area (Å²) in [6.45, 7) is -0.461. The number of benzene rings is 3. The van der Waals surface area contributed by atoms with E-state index in [-0.39, 0.29) is 15.5 Å². The summed E-state index contributed by atoms with van der Waals surface area (Å²) in [6, 6.07) is 16.3. The topological polar surface area (TPSA) is 78.8 Å². The molecule has 0 saturated carbocycles. The first-order chi connectivity index (χ1) is 13.8. The van der Waals surface area contributed by atoms with Crippen LogP contribution in [0.25, 0.3) is 10.8 Å². The number of hydrogen-bond donors (Lipinski definition) is 1. The summed E-state index contributed by atoms with van der Waals surface area (Å²) >= 11 is 5.87. The fourth-order valence-corrected chi connectivity index (χ4v) is 4.01. The van der Waals surface area contributed by atoms with Gasteiger partial charge < -0.3 is 0 Å². The maximum absolute atomic E-state index is 13.7. The monoisotopic (exact) mass is 433 g/mol. The molecule has 0 heterocycles. The maximum atomic E-state index is 13.7. The molecule has 0 atom stereocenters. The summed E-state index contributed by atoms with van der Waals surface area (Å²) in [5, 5.41) is 5.47. The number of hydrogen-bond acceptors (Lipinski definition) is 4. The van der Waals surface area contributed by atoms with E-state index in [1.54, 1.807) is 12.1 Å². The number of hydrazone groups is 1. The van der Waals surface area contributed by atoms with Crippen molar-refractivity contribution >= 4 is 44.5 Å². The Bertz CT molecular complexity index is 1180. The Balaban J connectivity index is 1.68. The minimum absolute atomic E-state index is 0.0200. The van der Waals surface area contributed by atoms with Crippen LogP contribution in [0.3, 0.4) is 0 Å². The number of fused-ring (bicyclic) bond motifs is 1. The van der Waals surface area contributed by atoms with Crippen LogP contribution < -0.4 is 5.43 Å². The predicted molar refractivity (Wildman–Crippen MR) is 111 cm³/mol. The molecule has 1 N–H and O–H groups in total. The summed E-state index contributed by atoms with van der Waals surface area (Å²) in [5.41, 5.74) is 2.19. The van der Waals surface area contributed by atoms with Gasteiger partial charge in [0.1, 0.15) is 5.82 Å². The molecule has 0 aliphatic heterocycles. The minimum atomic E-state index is -3.88. The second-order valence-corrected chi connectivity index (χ2v) is 8.65. The van der Waals surface area contributed by atoms with E-state index in [0.717, 1.165) is 21.3 Å². The van der Waals surface area contributed by atoms with Crippen LogP contribution in [0, 0.1) is 5.82 Å². The molecule has 6 nitrogen and oxygen atoms in total. The van der Waals surface area contributed by atoms with Gasteiger partial charge in [0, 0.05) is 12.6 Å². The van der Waals surface area contributed by atoms with Gasteiger partial charge in [-0.1, -0.05) is 48.0 Å². The number of sulfonamides is 1. The number of carbonyl (C=O) groups excluding carboxylic acids is 1. The summed E-state index contributed by atoms with van der Waals surface area (Å²) in [6.07, 6.45) is 1.06. The van der Waals surface area contributed by atoms with E-state index in [2.05, 4.69) is 10.5 Å². The summed E-state index contributed by atoms with van der Waals surface area (Å²) < 4.78 is 40.1. The number of carbonyl (C=O) groups is 1. The minimum Gasteiger partial charge on any atom is -0.272 e. The number of nitrogens with one attached hydrogen (secondary N) is 1. The molecular weight excluding hydrogens is 417 g/mol. The number of likely N-dealkylation sites (N-methyl/N-ethyl adjacent to an activating group) is 1. The first kappa shape index (κ1) is 20.9. The molecule has 3 rings (SSSR count). The normalized spacial score (nSPS) is 12.0. The third-order valence-corrected chi connectivity index (χ3v) is 6.31. The molecule has 0 aliphatic rings. The van der Waals surface area contributed by atoms with Gasteiger partial charge in [-0.05, 0) is 35.0 Å². The van der Waals surface area contributed by atoms with Crippen LogP contribution in [-0.4, -0.2) is 38.4 Å². The molecule has 0 saturated heterocycles. The lowest BCUT2D eigenvalue weighted by Gasteiger charge is -2.16. The highest BCUT2D eigenvalue weighted by Gasteiger charge is 2.23. The number of amides is 1. The van der Waals surface area contributed by atoms with Gasteiger partial charge in [0.05, 0.1) is 22.7 Å². The van der Waals surface area contributed by atoms with E-state index in [4.69, 9.17) is 11.6 Å². The standard InChI is InChI=1S/C20H17ClFN3O3S/c1-25(13-20(26)24-23-12-17-18(21)7-4-8-19(17)22)29(27,28)16-10-9-14-5-2-3-6-15(14)11-16/h2-12H,13H2,1H3,(H,24,26)/b23-12+. The number of nitrogens with zero attached hydrogens (tertiary/aromatic N) is 2.